The average Bonchev–Trinajstić information content (AvgIpc) is 2.27. The minimum atomic E-state index is -6.97. The highest BCUT2D eigenvalue weighted by molar-refractivity contribution is 5.21. The van der Waals surface area contributed by atoms with Crippen molar-refractivity contribution >= 4 is 0 Å². The molecule has 1 nitrogen and oxygen atoms in total. The van der Waals surface area contributed by atoms with E-state index in [0.717, 1.165) is 12.1 Å². The summed E-state index contributed by atoms with van der Waals surface area (Å²) in [4.78, 5) is 0. The van der Waals surface area contributed by atoms with Gasteiger partial charge in [-0.05, 0) is 18.2 Å². The van der Waals surface area contributed by atoms with Crippen LogP contribution < -0.4 is 4.74 Å². The van der Waals surface area contributed by atoms with E-state index in [9.17, 15) is 39.5 Å². The number of rotatable bonds is 4. The van der Waals surface area contributed by atoms with Crippen LogP contribution in [0.4, 0.5) is 39.5 Å². The lowest BCUT2D eigenvalue weighted by molar-refractivity contribution is -0.428. The SMILES string of the molecule is FC(F)(F)C(F)(F)C(F)(F)C(F)(F)Oc1cc[c]cc1. The molecule has 0 fully saturated rings. The van der Waals surface area contributed by atoms with E-state index in [1.54, 1.807) is 0 Å². The van der Waals surface area contributed by atoms with Crippen molar-refractivity contribution in [3.05, 3.63) is 30.3 Å². The van der Waals surface area contributed by atoms with E-state index < -0.39 is 29.9 Å². The van der Waals surface area contributed by atoms with E-state index in [1.165, 1.54) is 0 Å². The van der Waals surface area contributed by atoms with E-state index in [0.29, 0.717) is 12.1 Å². The zero-order valence-corrected chi connectivity index (χ0v) is 9.12. The van der Waals surface area contributed by atoms with E-state index in [-0.39, 0.29) is 0 Å². The highest BCUT2D eigenvalue weighted by atomic mass is 19.4. The topological polar surface area (TPSA) is 9.23 Å². The fourth-order valence-electron chi connectivity index (χ4n) is 1.01. The molecule has 0 aromatic heterocycles. The number of halogens is 9. The molecule has 0 unspecified atom stereocenters. The largest absolute Gasteiger partial charge is 0.471 e. The second-order valence-corrected chi connectivity index (χ2v) is 3.50. The Hall–Kier alpha value is -1.61. The minimum Gasteiger partial charge on any atom is -0.428 e. The van der Waals surface area contributed by atoms with Crippen LogP contribution in [0.5, 0.6) is 5.75 Å². The Balaban J connectivity index is 3.12. The van der Waals surface area contributed by atoms with Crippen LogP contribution >= 0.6 is 0 Å². The van der Waals surface area contributed by atoms with Crippen molar-refractivity contribution in [3.63, 3.8) is 0 Å². The predicted octanol–water partition coefficient (Wildman–Crippen LogP) is 4.29. The number of ether oxygens (including phenoxy) is 1. The molecule has 1 rings (SSSR count). The maximum absolute atomic E-state index is 13.0. The fraction of sp³-hybridized carbons (Fsp3) is 0.400. The molecule has 0 aliphatic carbocycles. The van der Waals surface area contributed by atoms with E-state index in [1.807, 2.05) is 0 Å². The lowest BCUT2D eigenvalue weighted by Crippen LogP contribution is -2.62. The number of hydrogen-bond acceptors (Lipinski definition) is 1. The van der Waals surface area contributed by atoms with Crippen molar-refractivity contribution in [2.75, 3.05) is 0 Å². The molecule has 113 valence electrons. The molecule has 0 saturated heterocycles. The smallest absolute Gasteiger partial charge is 0.428 e. The van der Waals surface area contributed by atoms with Gasteiger partial charge in [-0.2, -0.15) is 39.5 Å². The highest BCUT2D eigenvalue weighted by Gasteiger charge is 2.83. The normalized spacial score (nSPS) is 14.2. The van der Waals surface area contributed by atoms with Gasteiger partial charge in [0.25, 0.3) is 0 Å². The lowest BCUT2D eigenvalue weighted by Gasteiger charge is -2.32. The summed E-state index contributed by atoms with van der Waals surface area (Å²) in [6.07, 6.45) is -12.9. The van der Waals surface area contributed by atoms with Crippen molar-refractivity contribution in [1.29, 1.82) is 0 Å². The molecule has 0 heterocycles. The molecule has 0 spiro atoms. The van der Waals surface area contributed by atoms with Crippen molar-refractivity contribution < 1.29 is 44.3 Å². The quantitative estimate of drug-likeness (QED) is 0.754. The standard InChI is InChI=1S/C10H4F9O/c11-7(12,9(15,16)17)8(13,14)10(18,19)20-6-4-2-1-3-5-6/h2-5H. The van der Waals surface area contributed by atoms with Gasteiger partial charge in [-0.3, -0.25) is 0 Å². The molecule has 0 atom stereocenters. The maximum atomic E-state index is 13.0. The van der Waals surface area contributed by atoms with Gasteiger partial charge in [-0.1, -0.05) is 12.1 Å². The van der Waals surface area contributed by atoms with Crippen LogP contribution in [0.25, 0.3) is 0 Å². The maximum Gasteiger partial charge on any atom is 0.471 e. The second-order valence-electron chi connectivity index (χ2n) is 3.50. The molecule has 20 heavy (non-hydrogen) atoms. The molecular formula is C10H4F9O. The van der Waals surface area contributed by atoms with Crippen LogP contribution in [0.1, 0.15) is 0 Å². The van der Waals surface area contributed by atoms with Gasteiger partial charge in [0, 0.05) is 0 Å². The molecule has 0 aliphatic rings. The van der Waals surface area contributed by atoms with Crippen LogP contribution in [-0.2, 0) is 0 Å². The van der Waals surface area contributed by atoms with Gasteiger partial charge in [0.05, 0.1) is 0 Å². The van der Waals surface area contributed by atoms with Gasteiger partial charge in [0.15, 0.2) is 0 Å². The molecule has 0 N–H and O–H groups in total. The summed E-state index contributed by atoms with van der Waals surface area (Å²) in [6, 6.07) is 5.36. The molecule has 1 aromatic rings. The Morgan fingerprint density at radius 2 is 1.20 bits per heavy atom. The fourth-order valence-corrected chi connectivity index (χ4v) is 1.01. The predicted molar refractivity (Wildman–Crippen MR) is 46.8 cm³/mol. The van der Waals surface area contributed by atoms with Crippen molar-refractivity contribution in [2.24, 2.45) is 0 Å². The van der Waals surface area contributed by atoms with Crippen LogP contribution in [0.3, 0.4) is 0 Å². The van der Waals surface area contributed by atoms with Crippen LogP contribution in [0, 0.1) is 6.07 Å². The molecule has 0 bridgehead atoms. The van der Waals surface area contributed by atoms with Gasteiger partial charge in [-0.25, -0.2) is 0 Å². The molecule has 0 saturated carbocycles. The van der Waals surface area contributed by atoms with Gasteiger partial charge >= 0.3 is 24.1 Å². The summed E-state index contributed by atoms with van der Waals surface area (Å²) in [6.45, 7) is 0. The molecule has 1 aromatic carbocycles. The number of benzene rings is 1. The lowest BCUT2D eigenvalue weighted by atomic mass is 10.1. The van der Waals surface area contributed by atoms with Crippen LogP contribution in [-0.4, -0.2) is 24.1 Å². The van der Waals surface area contributed by atoms with Gasteiger partial charge in [-0.15, -0.1) is 0 Å². The summed E-state index contributed by atoms with van der Waals surface area (Å²) in [5.74, 6) is -14.8. The Bertz CT molecular complexity index is 452. The number of alkyl halides is 9. The third kappa shape index (κ3) is 2.63. The third-order valence-corrected chi connectivity index (χ3v) is 2.05. The third-order valence-electron chi connectivity index (χ3n) is 2.05. The summed E-state index contributed by atoms with van der Waals surface area (Å²) < 4.78 is 115. The molecule has 1 radical (unpaired) electrons. The molecule has 0 aliphatic heterocycles. The van der Waals surface area contributed by atoms with Gasteiger partial charge in [0.1, 0.15) is 5.75 Å². The summed E-state index contributed by atoms with van der Waals surface area (Å²) in [7, 11) is 0. The van der Waals surface area contributed by atoms with Gasteiger partial charge < -0.3 is 4.74 Å². The van der Waals surface area contributed by atoms with E-state index in [4.69, 9.17) is 0 Å². The minimum absolute atomic E-state index is 0.635. The zero-order valence-electron chi connectivity index (χ0n) is 9.12. The Morgan fingerprint density at radius 1 is 0.750 bits per heavy atom. The summed E-state index contributed by atoms with van der Waals surface area (Å²) in [5, 5.41) is 0. The number of hydrogen-bond donors (Lipinski definition) is 0. The van der Waals surface area contributed by atoms with E-state index >= 15 is 0 Å². The Labute approximate surface area is 105 Å². The first kappa shape index (κ1) is 16.4. The first-order chi connectivity index (χ1) is 8.83. The first-order valence-electron chi connectivity index (χ1n) is 4.68. The zero-order chi connectivity index (χ0) is 15.8. The first-order valence-corrected chi connectivity index (χ1v) is 4.68. The Morgan fingerprint density at radius 3 is 1.60 bits per heavy atom. The Kier molecular flexibility index (Phi) is 3.90. The van der Waals surface area contributed by atoms with E-state index in [2.05, 4.69) is 10.8 Å². The van der Waals surface area contributed by atoms with Crippen LogP contribution in [0.15, 0.2) is 24.3 Å². The highest BCUT2D eigenvalue weighted by Crippen LogP contribution is 2.53. The molecular weight excluding hydrogens is 307 g/mol. The summed E-state index contributed by atoms with van der Waals surface area (Å²) in [5.41, 5.74) is 0. The average molecular weight is 311 g/mol. The van der Waals surface area contributed by atoms with Crippen molar-refractivity contribution in [1.82, 2.24) is 0 Å². The van der Waals surface area contributed by atoms with Crippen molar-refractivity contribution in [2.45, 2.75) is 24.1 Å². The van der Waals surface area contributed by atoms with Crippen LogP contribution in [0.2, 0.25) is 0 Å². The van der Waals surface area contributed by atoms with Gasteiger partial charge in [0.2, 0.25) is 0 Å². The molecule has 0 amide bonds. The van der Waals surface area contributed by atoms with Crippen molar-refractivity contribution in [3.8, 4) is 5.75 Å². The second kappa shape index (κ2) is 4.74. The monoisotopic (exact) mass is 311 g/mol. The summed E-state index contributed by atoms with van der Waals surface area (Å²) >= 11 is 0. The molecule has 10 heteroatoms.